The topological polar surface area (TPSA) is 58.2 Å². The van der Waals surface area contributed by atoms with Crippen molar-refractivity contribution in [2.24, 2.45) is 0 Å². The summed E-state index contributed by atoms with van der Waals surface area (Å²) in [6, 6.07) is 9.67. The molecular formula is C18H28N2O2. The van der Waals surface area contributed by atoms with Crippen molar-refractivity contribution in [3.63, 3.8) is 0 Å². The van der Waals surface area contributed by atoms with Gasteiger partial charge in [0.25, 0.3) is 0 Å². The molecule has 2 amide bonds. The zero-order chi connectivity index (χ0) is 16.2. The molecule has 1 rings (SSSR count). The average Bonchev–Trinajstić information content (AvgIpc) is 2.50. The molecule has 1 unspecified atom stereocenters. The van der Waals surface area contributed by atoms with Crippen LogP contribution in [0, 0.1) is 0 Å². The Kier molecular flexibility index (Phi) is 8.96. The summed E-state index contributed by atoms with van der Waals surface area (Å²) in [4.78, 5) is 23.5. The van der Waals surface area contributed by atoms with Gasteiger partial charge in [0.2, 0.25) is 11.8 Å². The van der Waals surface area contributed by atoms with Crippen LogP contribution in [0.5, 0.6) is 0 Å². The molecule has 0 saturated heterocycles. The second kappa shape index (κ2) is 10.8. The molecule has 4 nitrogen and oxygen atoms in total. The maximum Gasteiger partial charge on any atom is 0.239 e. The molecule has 0 aliphatic rings. The van der Waals surface area contributed by atoms with Crippen LogP contribution < -0.4 is 10.6 Å². The second-order valence-electron chi connectivity index (χ2n) is 5.76. The van der Waals surface area contributed by atoms with Gasteiger partial charge in [-0.2, -0.15) is 0 Å². The first kappa shape index (κ1) is 18.2. The molecule has 122 valence electrons. The van der Waals surface area contributed by atoms with Gasteiger partial charge in [0.05, 0.1) is 13.0 Å². The highest BCUT2D eigenvalue weighted by Crippen LogP contribution is 2.05. The molecule has 1 aromatic rings. The van der Waals surface area contributed by atoms with Gasteiger partial charge in [0, 0.05) is 6.04 Å². The number of amides is 2. The first-order valence-electron chi connectivity index (χ1n) is 8.21. The van der Waals surface area contributed by atoms with Crippen molar-refractivity contribution >= 4 is 11.8 Å². The fraction of sp³-hybridized carbons (Fsp3) is 0.556. The molecule has 1 atom stereocenters. The van der Waals surface area contributed by atoms with Crippen molar-refractivity contribution in [2.75, 3.05) is 6.54 Å². The van der Waals surface area contributed by atoms with Crippen LogP contribution in [-0.4, -0.2) is 24.4 Å². The van der Waals surface area contributed by atoms with Crippen molar-refractivity contribution < 1.29 is 9.59 Å². The van der Waals surface area contributed by atoms with Gasteiger partial charge in [0.15, 0.2) is 0 Å². The van der Waals surface area contributed by atoms with Crippen LogP contribution in [-0.2, 0) is 16.0 Å². The molecule has 0 saturated carbocycles. The molecule has 0 heterocycles. The first-order chi connectivity index (χ1) is 10.6. The van der Waals surface area contributed by atoms with Gasteiger partial charge in [-0.05, 0) is 18.9 Å². The molecule has 0 aliphatic heterocycles. The van der Waals surface area contributed by atoms with Crippen LogP contribution >= 0.6 is 0 Å². The molecule has 0 spiro atoms. The molecule has 0 bridgehead atoms. The summed E-state index contributed by atoms with van der Waals surface area (Å²) in [6.07, 6.45) is 6.11. The lowest BCUT2D eigenvalue weighted by Gasteiger charge is -2.14. The van der Waals surface area contributed by atoms with Crippen LogP contribution in [0.4, 0.5) is 0 Å². The lowest BCUT2D eigenvalue weighted by atomic mass is 10.1. The number of benzene rings is 1. The van der Waals surface area contributed by atoms with E-state index < -0.39 is 0 Å². The van der Waals surface area contributed by atoms with E-state index in [-0.39, 0.29) is 24.4 Å². The highest BCUT2D eigenvalue weighted by Gasteiger charge is 2.09. The molecule has 0 radical (unpaired) electrons. The lowest BCUT2D eigenvalue weighted by Crippen LogP contribution is -2.41. The average molecular weight is 304 g/mol. The summed E-state index contributed by atoms with van der Waals surface area (Å²) in [5.74, 6) is -0.249. The maximum absolute atomic E-state index is 11.8. The number of carbonyl (C=O) groups excluding carboxylic acids is 2. The van der Waals surface area contributed by atoms with E-state index in [1.807, 2.05) is 37.3 Å². The number of hydrogen-bond donors (Lipinski definition) is 2. The minimum Gasteiger partial charge on any atom is -0.352 e. The Bertz CT molecular complexity index is 446. The van der Waals surface area contributed by atoms with Gasteiger partial charge in [-0.25, -0.2) is 0 Å². The zero-order valence-electron chi connectivity index (χ0n) is 13.7. The summed E-state index contributed by atoms with van der Waals surface area (Å²) >= 11 is 0. The number of carbonyl (C=O) groups is 2. The summed E-state index contributed by atoms with van der Waals surface area (Å²) in [7, 11) is 0. The largest absolute Gasteiger partial charge is 0.352 e. The van der Waals surface area contributed by atoms with Gasteiger partial charge in [-0.3, -0.25) is 9.59 Å². The Morgan fingerprint density at radius 3 is 2.45 bits per heavy atom. The van der Waals surface area contributed by atoms with E-state index in [1.54, 1.807) is 0 Å². The molecule has 0 aliphatic carbocycles. The molecule has 0 aromatic heterocycles. The van der Waals surface area contributed by atoms with Crippen LogP contribution in [0.2, 0.25) is 0 Å². The third kappa shape index (κ3) is 8.45. The maximum atomic E-state index is 11.8. The fourth-order valence-corrected chi connectivity index (χ4v) is 2.30. The van der Waals surface area contributed by atoms with Gasteiger partial charge >= 0.3 is 0 Å². The van der Waals surface area contributed by atoms with Crippen LogP contribution in [0.25, 0.3) is 0 Å². The van der Waals surface area contributed by atoms with Crippen molar-refractivity contribution in [1.29, 1.82) is 0 Å². The number of unbranched alkanes of at least 4 members (excludes halogenated alkanes) is 3. The van der Waals surface area contributed by atoms with Crippen molar-refractivity contribution in [3.05, 3.63) is 35.9 Å². The monoisotopic (exact) mass is 304 g/mol. The van der Waals surface area contributed by atoms with E-state index in [1.165, 1.54) is 19.3 Å². The Morgan fingerprint density at radius 2 is 1.77 bits per heavy atom. The fourth-order valence-electron chi connectivity index (χ4n) is 2.30. The summed E-state index contributed by atoms with van der Waals surface area (Å²) < 4.78 is 0. The van der Waals surface area contributed by atoms with E-state index in [0.717, 1.165) is 18.4 Å². The Labute approximate surface area is 133 Å². The van der Waals surface area contributed by atoms with E-state index in [4.69, 9.17) is 0 Å². The quantitative estimate of drug-likeness (QED) is 0.653. The smallest absolute Gasteiger partial charge is 0.239 e. The summed E-state index contributed by atoms with van der Waals surface area (Å²) in [5.41, 5.74) is 0.949. The van der Waals surface area contributed by atoms with Crippen molar-refractivity contribution in [3.8, 4) is 0 Å². The van der Waals surface area contributed by atoms with E-state index in [9.17, 15) is 9.59 Å². The van der Waals surface area contributed by atoms with E-state index in [2.05, 4.69) is 17.6 Å². The molecule has 2 N–H and O–H groups in total. The Hall–Kier alpha value is -1.84. The number of hydrogen-bond acceptors (Lipinski definition) is 2. The minimum atomic E-state index is -0.128. The molecule has 4 heteroatoms. The number of nitrogens with one attached hydrogen (secondary N) is 2. The number of rotatable bonds is 10. The van der Waals surface area contributed by atoms with Gasteiger partial charge in [-0.1, -0.05) is 62.9 Å². The van der Waals surface area contributed by atoms with Gasteiger partial charge in [0.1, 0.15) is 0 Å². The highest BCUT2D eigenvalue weighted by molar-refractivity contribution is 5.85. The van der Waals surface area contributed by atoms with Gasteiger partial charge < -0.3 is 10.6 Å². The standard InChI is InChI=1S/C18H28N2O2/c1-3-4-5-7-10-15(2)20-18(22)14-19-17(21)13-16-11-8-6-9-12-16/h6,8-9,11-12,15H,3-5,7,10,13-14H2,1-2H3,(H,19,21)(H,20,22). The minimum absolute atomic E-state index is 0.0466. The van der Waals surface area contributed by atoms with Crippen LogP contribution in [0.3, 0.4) is 0 Å². The zero-order valence-corrected chi connectivity index (χ0v) is 13.7. The summed E-state index contributed by atoms with van der Waals surface area (Å²) in [6.45, 7) is 4.24. The predicted molar refractivity (Wildman–Crippen MR) is 89.5 cm³/mol. The van der Waals surface area contributed by atoms with E-state index >= 15 is 0 Å². The SMILES string of the molecule is CCCCCCC(C)NC(=O)CNC(=O)Cc1ccccc1. The third-order valence-corrected chi connectivity index (χ3v) is 3.55. The molecular weight excluding hydrogens is 276 g/mol. The molecule has 22 heavy (non-hydrogen) atoms. The van der Waals surface area contributed by atoms with Crippen molar-refractivity contribution in [2.45, 2.75) is 58.4 Å². The first-order valence-corrected chi connectivity index (χ1v) is 8.21. The van der Waals surface area contributed by atoms with Gasteiger partial charge in [-0.15, -0.1) is 0 Å². The van der Waals surface area contributed by atoms with Crippen LogP contribution in [0.1, 0.15) is 51.5 Å². The molecule has 1 aromatic carbocycles. The van der Waals surface area contributed by atoms with Crippen LogP contribution in [0.15, 0.2) is 30.3 Å². The second-order valence-corrected chi connectivity index (χ2v) is 5.76. The highest BCUT2D eigenvalue weighted by atomic mass is 16.2. The van der Waals surface area contributed by atoms with Crippen molar-refractivity contribution in [1.82, 2.24) is 10.6 Å². The van der Waals surface area contributed by atoms with E-state index in [0.29, 0.717) is 6.42 Å². The summed E-state index contributed by atoms with van der Waals surface area (Å²) in [5, 5.41) is 5.58. The Balaban J connectivity index is 2.15. The normalized spacial score (nSPS) is 11.7. The predicted octanol–water partition coefficient (Wildman–Crippen LogP) is 2.82. The Morgan fingerprint density at radius 1 is 1.05 bits per heavy atom. The lowest BCUT2D eigenvalue weighted by molar-refractivity contribution is -0.126. The molecule has 0 fully saturated rings. The third-order valence-electron chi connectivity index (χ3n) is 3.55.